The Morgan fingerprint density at radius 3 is 2.42 bits per heavy atom. The number of methoxy groups -OCH3 is 2. The van der Waals surface area contributed by atoms with Gasteiger partial charge in [-0.15, -0.1) is 0 Å². The fourth-order valence-corrected chi connectivity index (χ4v) is 3.88. The van der Waals surface area contributed by atoms with Crippen LogP contribution in [0.5, 0.6) is 11.5 Å². The van der Waals surface area contributed by atoms with Gasteiger partial charge in [0.2, 0.25) is 0 Å². The van der Waals surface area contributed by atoms with E-state index in [0.717, 1.165) is 0 Å². The Kier molecular flexibility index (Phi) is 5.60. The number of nitrogens with zero attached hydrogens (tertiary/aromatic N) is 4. The number of amides is 1. The summed E-state index contributed by atoms with van der Waals surface area (Å²) in [4.78, 5) is 35.6. The first kappa shape index (κ1) is 20.8. The number of aliphatic hydroxyl groups is 1. The molecule has 0 bridgehead atoms. The number of piperidine rings is 1. The maximum absolute atomic E-state index is 13.0. The highest BCUT2D eigenvalue weighted by atomic mass is 16.5. The number of hydrogen-bond donors (Lipinski definition) is 1. The average molecular weight is 424 g/mol. The third-order valence-electron chi connectivity index (χ3n) is 5.70. The summed E-state index contributed by atoms with van der Waals surface area (Å²) in [6.07, 6.45) is 5.32. The van der Waals surface area contributed by atoms with Gasteiger partial charge in [-0.3, -0.25) is 19.1 Å². The number of hydrogen-bond acceptors (Lipinski definition) is 7. The van der Waals surface area contributed by atoms with Crippen LogP contribution in [0.1, 0.15) is 23.2 Å². The molecule has 9 heteroatoms. The van der Waals surface area contributed by atoms with E-state index < -0.39 is 5.60 Å². The van der Waals surface area contributed by atoms with Crippen molar-refractivity contribution in [2.45, 2.75) is 25.0 Å². The van der Waals surface area contributed by atoms with Gasteiger partial charge in [-0.2, -0.15) is 0 Å². The third kappa shape index (κ3) is 4.09. The second-order valence-electron chi connectivity index (χ2n) is 7.65. The molecule has 0 unspecified atom stereocenters. The molecule has 3 heterocycles. The molecular formula is C22H24N4O5. The largest absolute Gasteiger partial charge is 0.493 e. The topological polar surface area (TPSA) is 107 Å². The minimum Gasteiger partial charge on any atom is -0.493 e. The van der Waals surface area contributed by atoms with E-state index in [4.69, 9.17) is 9.47 Å². The van der Waals surface area contributed by atoms with Gasteiger partial charge in [0.1, 0.15) is 0 Å². The standard InChI is InChI=1S/C22H24N4O5/c1-30-18-11-16-17(12-19(18)31-2)24-14-26(21(16)28)13-22(29)5-9-25(10-6-22)20(27)15-3-7-23-8-4-15/h3-4,7-8,11-12,14,29H,5-6,9-10,13H2,1-2H3. The van der Waals surface area contributed by atoms with Crippen LogP contribution >= 0.6 is 0 Å². The van der Waals surface area contributed by atoms with E-state index in [2.05, 4.69) is 9.97 Å². The predicted octanol–water partition coefficient (Wildman–Crippen LogP) is 1.48. The molecule has 9 nitrogen and oxygen atoms in total. The van der Waals surface area contributed by atoms with Crippen LogP contribution in [0.2, 0.25) is 0 Å². The Balaban J connectivity index is 1.52. The molecule has 4 rings (SSSR count). The van der Waals surface area contributed by atoms with E-state index >= 15 is 0 Å². The van der Waals surface area contributed by atoms with Crippen molar-refractivity contribution < 1.29 is 19.4 Å². The van der Waals surface area contributed by atoms with Crippen LogP contribution in [0.25, 0.3) is 10.9 Å². The molecule has 0 saturated carbocycles. The van der Waals surface area contributed by atoms with Gasteiger partial charge in [-0.05, 0) is 31.0 Å². The monoisotopic (exact) mass is 424 g/mol. The normalized spacial score (nSPS) is 15.6. The molecule has 1 N–H and O–H groups in total. The first-order valence-corrected chi connectivity index (χ1v) is 9.97. The quantitative estimate of drug-likeness (QED) is 0.661. The lowest BCUT2D eigenvalue weighted by atomic mass is 9.91. The zero-order valence-corrected chi connectivity index (χ0v) is 17.4. The van der Waals surface area contributed by atoms with Gasteiger partial charge in [-0.1, -0.05) is 0 Å². The number of fused-ring (bicyclic) bond motifs is 1. The predicted molar refractivity (Wildman–Crippen MR) is 113 cm³/mol. The summed E-state index contributed by atoms with van der Waals surface area (Å²) in [6.45, 7) is 0.900. The van der Waals surface area contributed by atoms with Crippen LogP contribution in [0, 0.1) is 0 Å². The lowest BCUT2D eigenvalue weighted by Gasteiger charge is -2.38. The van der Waals surface area contributed by atoms with E-state index in [1.165, 1.54) is 25.1 Å². The molecular weight excluding hydrogens is 400 g/mol. The summed E-state index contributed by atoms with van der Waals surface area (Å²) in [5.74, 6) is 0.841. The second kappa shape index (κ2) is 8.35. The maximum Gasteiger partial charge on any atom is 0.261 e. The Labute approximate surface area is 178 Å². The summed E-state index contributed by atoms with van der Waals surface area (Å²) in [5.41, 5.74) is -0.316. The molecule has 1 fully saturated rings. The van der Waals surface area contributed by atoms with Crippen molar-refractivity contribution in [2.75, 3.05) is 27.3 Å². The van der Waals surface area contributed by atoms with E-state index in [-0.39, 0.29) is 18.0 Å². The fraction of sp³-hybridized carbons (Fsp3) is 0.364. The highest BCUT2D eigenvalue weighted by molar-refractivity contribution is 5.94. The lowest BCUT2D eigenvalue weighted by Crippen LogP contribution is -2.49. The molecule has 1 aliphatic heterocycles. The van der Waals surface area contributed by atoms with Gasteiger partial charge in [0.25, 0.3) is 11.5 Å². The van der Waals surface area contributed by atoms with Gasteiger partial charge >= 0.3 is 0 Å². The molecule has 0 aliphatic carbocycles. The molecule has 0 radical (unpaired) electrons. The van der Waals surface area contributed by atoms with Crippen molar-refractivity contribution in [1.82, 2.24) is 19.4 Å². The first-order chi connectivity index (χ1) is 14.9. The van der Waals surface area contributed by atoms with Crippen molar-refractivity contribution >= 4 is 16.8 Å². The first-order valence-electron chi connectivity index (χ1n) is 9.97. The van der Waals surface area contributed by atoms with Crippen molar-refractivity contribution in [3.8, 4) is 11.5 Å². The highest BCUT2D eigenvalue weighted by Crippen LogP contribution is 2.30. The zero-order chi connectivity index (χ0) is 22.0. The molecule has 1 aromatic carbocycles. The minimum absolute atomic E-state index is 0.0879. The number of likely N-dealkylation sites (tertiary alicyclic amines) is 1. The Bertz CT molecular complexity index is 1150. The molecule has 1 saturated heterocycles. The number of aromatic nitrogens is 3. The molecule has 0 spiro atoms. The lowest BCUT2D eigenvalue weighted by molar-refractivity contribution is -0.0299. The second-order valence-corrected chi connectivity index (χ2v) is 7.65. The number of ether oxygens (including phenoxy) is 2. The SMILES string of the molecule is COc1cc2ncn(CC3(O)CCN(C(=O)c4ccncc4)CC3)c(=O)c2cc1OC. The summed E-state index contributed by atoms with van der Waals surface area (Å²) in [5, 5.41) is 11.5. The van der Waals surface area contributed by atoms with Gasteiger partial charge < -0.3 is 19.5 Å². The molecule has 3 aromatic rings. The van der Waals surface area contributed by atoms with Crippen molar-refractivity contribution in [3.05, 3.63) is 58.9 Å². The Hall–Kier alpha value is -3.46. The van der Waals surface area contributed by atoms with Crippen molar-refractivity contribution in [1.29, 1.82) is 0 Å². The van der Waals surface area contributed by atoms with Crippen LogP contribution in [0.4, 0.5) is 0 Å². The van der Waals surface area contributed by atoms with Crippen LogP contribution in [-0.4, -0.2) is 63.4 Å². The summed E-state index contributed by atoms with van der Waals surface area (Å²) < 4.78 is 12.0. The molecule has 1 amide bonds. The molecule has 31 heavy (non-hydrogen) atoms. The number of rotatable bonds is 5. The smallest absolute Gasteiger partial charge is 0.261 e. The van der Waals surface area contributed by atoms with Crippen molar-refractivity contribution in [3.63, 3.8) is 0 Å². The minimum atomic E-state index is -1.11. The Morgan fingerprint density at radius 2 is 1.77 bits per heavy atom. The van der Waals surface area contributed by atoms with Crippen LogP contribution in [0.3, 0.4) is 0 Å². The fourth-order valence-electron chi connectivity index (χ4n) is 3.88. The van der Waals surface area contributed by atoms with Gasteiger partial charge in [0, 0.05) is 37.1 Å². The number of carbonyl (C=O) groups excluding carboxylic acids is 1. The third-order valence-corrected chi connectivity index (χ3v) is 5.70. The van der Waals surface area contributed by atoms with Crippen LogP contribution in [0.15, 0.2) is 47.8 Å². The Morgan fingerprint density at radius 1 is 1.13 bits per heavy atom. The maximum atomic E-state index is 13.0. The van der Waals surface area contributed by atoms with E-state index in [0.29, 0.717) is 53.9 Å². The molecule has 0 atom stereocenters. The van der Waals surface area contributed by atoms with Gasteiger partial charge in [-0.25, -0.2) is 4.98 Å². The van der Waals surface area contributed by atoms with E-state index in [1.54, 1.807) is 41.6 Å². The molecule has 1 aliphatic rings. The van der Waals surface area contributed by atoms with Gasteiger partial charge in [0.05, 0.1) is 43.6 Å². The zero-order valence-electron chi connectivity index (χ0n) is 17.4. The summed E-state index contributed by atoms with van der Waals surface area (Å²) in [6, 6.07) is 6.59. The number of carbonyl (C=O) groups is 1. The van der Waals surface area contributed by atoms with Crippen molar-refractivity contribution in [2.24, 2.45) is 0 Å². The summed E-state index contributed by atoms with van der Waals surface area (Å²) in [7, 11) is 3.02. The summed E-state index contributed by atoms with van der Waals surface area (Å²) >= 11 is 0. The van der Waals surface area contributed by atoms with Crippen LogP contribution < -0.4 is 15.0 Å². The average Bonchev–Trinajstić information content (AvgIpc) is 2.80. The number of pyridine rings is 1. The molecule has 162 valence electrons. The number of benzene rings is 1. The van der Waals surface area contributed by atoms with E-state index in [1.807, 2.05) is 0 Å². The molecule has 2 aromatic heterocycles. The van der Waals surface area contributed by atoms with E-state index in [9.17, 15) is 14.7 Å². The van der Waals surface area contributed by atoms with Gasteiger partial charge in [0.15, 0.2) is 11.5 Å². The highest BCUT2D eigenvalue weighted by Gasteiger charge is 2.35. The van der Waals surface area contributed by atoms with Crippen LogP contribution in [-0.2, 0) is 6.54 Å².